The van der Waals surface area contributed by atoms with E-state index in [9.17, 15) is 27.9 Å². The molecule has 0 unspecified atom stereocenters. The van der Waals surface area contributed by atoms with Crippen LogP contribution in [0.4, 0.5) is 13.2 Å². The van der Waals surface area contributed by atoms with Crippen LogP contribution >= 0.6 is 0 Å². The molecule has 1 fully saturated rings. The van der Waals surface area contributed by atoms with Gasteiger partial charge in [0.1, 0.15) is 0 Å². The highest BCUT2D eigenvalue weighted by molar-refractivity contribution is 5.95. The number of aliphatic hydroxyl groups is 1. The summed E-state index contributed by atoms with van der Waals surface area (Å²) in [4.78, 5) is 24.9. The predicted molar refractivity (Wildman–Crippen MR) is 91.0 cm³/mol. The third kappa shape index (κ3) is 3.59. The number of halogens is 3. The molecule has 1 aliphatic heterocycles. The van der Waals surface area contributed by atoms with Crippen LogP contribution in [0.3, 0.4) is 0 Å². The molecule has 0 bridgehead atoms. The first-order valence-electron chi connectivity index (χ1n) is 8.50. The molecule has 1 saturated heterocycles. The summed E-state index contributed by atoms with van der Waals surface area (Å²) < 4.78 is 41.8. The van der Waals surface area contributed by atoms with Crippen LogP contribution in [0.25, 0.3) is 5.69 Å². The predicted octanol–water partition coefficient (Wildman–Crippen LogP) is 2.25. The second-order valence-electron chi connectivity index (χ2n) is 6.78. The first-order chi connectivity index (χ1) is 13.0. The lowest BCUT2D eigenvalue weighted by Gasteiger charge is -2.35. The maximum atomic E-state index is 13.7. The number of amides is 1. The number of aliphatic carboxylic acids is 1. The highest BCUT2D eigenvalue weighted by Crippen LogP contribution is 2.35. The molecule has 2 aromatic rings. The van der Waals surface area contributed by atoms with Crippen molar-refractivity contribution in [1.29, 1.82) is 0 Å². The summed E-state index contributed by atoms with van der Waals surface area (Å²) in [5.74, 6) is -2.32. The van der Waals surface area contributed by atoms with Gasteiger partial charge in [0.25, 0.3) is 5.91 Å². The van der Waals surface area contributed by atoms with Gasteiger partial charge in [0.05, 0.1) is 17.4 Å². The average molecular weight is 397 g/mol. The van der Waals surface area contributed by atoms with Crippen molar-refractivity contribution in [1.82, 2.24) is 14.7 Å². The highest BCUT2D eigenvalue weighted by atomic mass is 19.4. The number of alkyl halides is 3. The second kappa shape index (κ2) is 6.93. The number of carboxylic acid groups (broad SMARTS) is 1. The molecular weight excluding hydrogens is 379 g/mol. The third-order valence-corrected chi connectivity index (χ3v) is 4.82. The summed E-state index contributed by atoms with van der Waals surface area (Å²) in [6.45, 7) is 1.45. The van der Waals surface area contributed by atoms with E-state index in [0.717, 1.165) is 16.7 Å². The van der Waals surface area contributed by atoms with Gasteiger partial charge in [0, 0.05) is 25.9 Å². The SMILES string of the molecule is Cc1ccc(-n2ncc(C(=O)N3CCC(O)(C(=O)O)CC3)c2C(F)(F)F)cc1. The zero-order valence-corrected chi connectivity index (χ0v) is 14.9. The lowest BCUT2D eigenvalue weighted by atomic mass is 9.91. The molecule has 0 aliphatic carbocycles. The van der Waals surface area contributed by atoms with Crippen LogP contribution in [0.15, 0.2) is 30.5 Å². The summed E-state index contributed by atoms with van der Waals surface area (Å²) in [6.07, 6.45) is -4.49. The maximum absolute atomic E-state index is 13.7. The molecule has 10 heteroatoms. The van der Waals surface area contributed by atoms with Gasteiger partial charge < -0.3 is 15.1 Å². The van der Waals surface area contributed by atoms with Gasteiger partial charge in [-0.25, -0.2) is 9.48 Å². The maximum Gasteiger partial charge on any atom is 0.434 e. The molecule has 150 valence electrons. The Labute approximate surface area is 158 Å². The fourth-order valence-electron chi connectivity index (χ4n) is 3.12. The second-order valence-corrected chi connectivity index (χ2v) is 6.78. The van der Waals surface area contributed by atoms with Gasteiger partial charge in [0.2, 0.25) is 0 Å². The number of rotatable bonds is 3. The number of nitrogens with zero attached hydrogens (tertiary/aromatic N) is 3. The Balaban J connectivity index is 1.93. The number of carbonyl (C=O) groups is 2. The molecule has 1 aromatic carbocycles. The number of piperidine rings is 1. The molecule has 2 N–H and O–H groups in total. The van der Waals surface area contributed by atoms with Crippen LogP contribution in [0, 0.1) is 6.92 Å². The normalized spacial score (nSPS) is 16.8. The summed E-state index contributed by atoms with van der Waals surface area (Å²) in [5.41, 5.74) is -2.76. The van der Waals surface area contributed by atoms with E-state index in [4.69, 9.17) is 5.11 Å². The van der Waals surface area contributed by atoms with E-state index >= 15 is 0 Å². The van der Waals surface area contributed by atoms with Gasteiger partial charge >= 0.3 is 12.1 Å². The number of hydrogen-bond donors (Lipinski definition) is 2. The van der Waals surface area contributed by atoms with Crippen LogP contribution in [0.5, 0.6) is 0 Å². The molecule has 0 spiro atoms. The molecule has 0 radical (unpaired) electrons. The van der Waals surface area contributed by atoms with E-state index in [-0.39, 0.29) is 31.6 Å². The quantitative estimate of drug-likeness (QED) is 0.828. The summed E-state index contributed by atoms with van der Waals surface area (Å²) in [7, 11) is 0. The minimum atomic E-state index is -4.83. The molecule has 1 amide bonds. The Hall–Kier alpha value is -2.88. The lowest BCUT2D eigenvalue weighted by molar-refractivity contribution is -0.162. The van der Waals surface area contributed by atoms with Crippen molar-refractivity contribution < 1.29 is 33.0 Å². The Morgan fingerprint density at radius 1 is 1.14 bits per heavy atom. The van der Waals surface area contributed by atoms with Crippen molar-refractivity contribution in [2.75, 3.05) is 13.1 Å². The minimum Gasteiger partial charge on any atom is -0.479 e. The van der Waals surface area contributed by atoms with Crippen molar-refractivity contribution in [3.05, 3.63) is 47.3 Å². The first-order valence-corrected chi connectivity index (χ1v) is 8.50. The lowest BCUT2D eigenvalue weighted by Crippen LogP contribution is -2.51. The molecule has 1 aliphatic rings. The summed E-state index contributed by atoms with van der Waals surface area (Å²) >= 11 is 0. The largest absolute Gasteiger partial charge is 0.479 e. The van der Waals surface area contributed by atoms with E-state index in [0.29, 0.717) is 4.68 Å². The Kier molecular flexibility index (Phi) is 4.92. The van der Waals surface area contributed by atoms with Crippen LogP contribution in [0.1, 0.15) is 34.5 Å². The van der Waals surface area contributed by atoms with Crippen LogP contribution in [0.2, 0.25) is 0 Å². The zero-order valence-electron chi connectivity index (χ0n) is 14.9. The molecule has 28 heavy (non-hydrogen) atoms. The number of aryl methyl sites for hydroxylation is 1. The first kappa shape index (κ1) is 19.9. The number of benzene rings is 1. The molecule has 0 saturated carbocycles. The fourth-order valence-corrected chi connectivity index (χ4v) is 3.12. The van der Waals surface area contributed by atoms with Crippen molar-refractivity contribution in [2.45, 2.75) is 31.5 Å². The summed E-state index contributed by atoms with van der Waals surface area (Å²) in [6, 6.07) is 6.21. The highest BCUT2D eigenvalue weighted by Gasteiger charge is 2.44. The molecular formula is C18H18F3N3O4. The number of aromatic nitrogens is 2. The molecule has 7 nitrogen and oxygen atoms in total. The Morgan fingerprint density at radius 3 is 2.21 bits per heavy atom. The zero-order chi connectivity index (χ0) is 20.7. The van der Waals surface area contributed by atoms with Crippen LogP contribution in [-0.4, -0.2) is 55.5 Å². The number of hydrogen-bond acceptors (Lipinski definition) is 4. The van der Waals surface area contributed by atoms with Crippen LogP contribution < -0.4 is 0 Å². The van der Waals surface area contributed by atoms with E-state index in [1.54, 1.807) is 19.1 Å². The number of carbonyl (C=O) groups excluding carboxylic acids is 1. The van der Waals surface area contributed by atoms with E-state index < -0.39 is 34.9 Å². The van der Waals surface area contributed by atoms with E-state index in [1.165, 1.54) is 12.1 Å². The van der Waals surface area contributed by atoms with Crippen molar-refractivity contribution in [2.24, 2.45) is 0 Å². The fraction of sp³-hybridized carbons (Fsp3) is 0.389. The molecule has 1 aromatic heterocycles. The molecule has 3 rings (SSSR count). The molecule has 2 heterocycles. The van der Waals surface area contributed by atoms with Gasteiger partial charge in [-0.3, -0.25) is 4.79 Å². The van der Waals surface area contributed by atoms with Gasteiger partial charge in [-0.1, -0.05) is 17.7 Å². The monoisotopic (exact) mass is 397 g/mol. The van der Waals surface area contributed by atoms with Gasteiger partial charge in [-0.2, -0.15) is 18.3 Å². The van der Waals surface area contributed by atoms with Crippen molar-refractivity contribution >= 4 is 11.9 Å². The van der Waals surface area contributed by atoms with Gasteiger partial charge in [-0.05, 0) is 19.1 Å². The summed E-state index contributed by atoms with van der Waals surface area (Å²) in [5, 5.41) is 22.7. The van der Waals surface area contributed by atoms with E-state index in [1.807, 2.05) is 0 Å². The van der Waals surface area contributed by atoms with Crippen molar-refractivity contribution in [3.63, 3.8) is 0 Å². The number of likely N-dealkylation sites (tertiary alicyclic amines) is 1. The Morgan fingerprint density at radius 2 is 1.71 bits per heavy atom. The Bertz CT molecular complexity index is 898. The number of carboxylic acids is 1. The topological polar surface area (TPSA) is 95.7 Å². The minimum absolute atomic E-state index is 0.163. The van der Waals surface area contributed by atoms with Gasteiger partial charge in [0.15, 0.2) is 11.3 Å². The standard InChI is InChI=1S/C18H18F3N3O4/c1-11-2-4-12(5-3-11)24-14(18(19,20)21)13(10-22-24)15(25)23-8-6-17(28,7-9-23)16(26)27/h2-5,10,28H,6-9H2,1H3,(H,26,27). The third-order valence-electron chi connectivity index (χ3n) is 4.82. The van der Waals surface area contributed by atoms with Crippen LogP contribution in [-0.2, 0) is 11.0 Å². The van der Waals surface area contributed by atoms with Crippen molar-refractivity contribution in [3.8, 4) is 5.69 Å². The smallest absolute Gasteiger partial charge is 0.434 e. The molecule has 0 atom stereocenters. The van der Waals surface area contributed by atoms with Gasteiger partial charge in [-0.15, -0.1) is 0 Å². The van der Waals surface area contributed by atoms with E-state index in [2.05, 4.69) is 5.10 Å². The average Bonchev–Trinajstić information content (AvgIpc) is 3.08.